The molecular formula is C14H18N4O3. The minimum Gasteiger partial charge on any atom is -0.481 e. The third-order valence-corrected chi connectivity index (χ3v) is 2.94. The van der Waals surface area contributed by atoms with Gasteiger partial charge in [-0.3, -0.25) is 0 Å². The zero-order valence-electron chi connectivity index (χ0n) is 12.0. The highest BCUT2D eigenvalue weighted by Crippen LogP contribution is 2.18. The molecule has 7 heteroatoms. The highest BCUT2D eigenvalue weighted by molar-refractivity contribution is 5.79. The quantitative estimate of drug-likeness (QED) is 0.802. The first-order chi connectivity index (χ1) is 10.1. The fourth-order valence-corrected chi connectivity index (χ4v) is 2.04. The fourth-order valence-electron chi connectivity index (χ4n) is 2.04. The molecule has 21 heavy (non-hydrogen) atoms. The van der Waals surface area contributed by atoms with Gasteiger partial charge in [-0.15, -0.1) is 6.58 Å². The second-order valence-electron chi connectivity index (χ2n) is 4.52. The molecule has 0 aromatic carbocycles. The van der Waals surface area contributed by atoms with E-state index in [1.54, 1.807) is 18.2 Å². The third-order valence-electron chi connectivity index (χ3n) is 2.94. The number of rotatable bonds is 5. The van der Waals surface area contributed by atoms with Gasteiger partial charge in [0.05, 0.1) is 19.9 Å². The highest BCUT2D eigenvalue weighted by atomic mass is 16.5. The van der Waals surface area contributed by atoms with Crippen LogP contribution >= 0.6 is 0 Å². The number of methoxy groups -OCH3 is 2. The molecule has 7 nitrogen and oxygen atoms in total. The molecule has 1 saturated heterocycles. The largest absolute Gasteiger partial charge is 0.481 e. The van der Waals surface area contributed by atoms with Gasteiger partial charge in [-0.05, 0) is 12.5 Å². The zero-order valence-corrected chi connectivity index (χ0v) is 12.0. The average molecular weight is 290 g/mol. The zero-order chi connectivity index (χ0) is 15.2. The number of carbonyl (C=O) groups excluding carboxylic acids is 1. The number of amides is 2. The lowest BCUT2D eigenvalue weighted by Gasteiger charge is -2.25. The highest BCUT2D eigenvalue weighted by Gasteiger charge is 2.20. The minimum atomic E-state index is -0.229. The predicted molar refractivity (Wildman–Crippen MR) is 78.0 cm³/mol. The topological polar surface area (TPSA) is 85.4 Å². The summed E-state index contributed by atoms with van der Waals surface area (Å²) in [7, 11) is 3.00. The van der Waals surface area contributed by atoms with E-state index in [2.05, 4.69) is 27.2 Å². The maximum atomic E-state index is 11.6. The van der Waals surface area contributed by atoms with Gasteiger partial charge in [0.25, 0.3) is 0 Å². The fraction of sp³-hybridized carbons (Fsp3) is 0.357. The van der Waals surface area contributed by atoms with Crippen molar-refractivity contribution in [2.75, 3.05) is 14.2 Å². The summed E-state index contributed by atoms with van der Waals surface area (Å²) in [5.74, 6) is 0.400. The van der Waals surface area contributed by atoms with Gasteiger partial charge in [0, 0.05) is 24.2 Å². The molecule has 112 valence electrons. The van der Waals surface area contributed by atoms with Gasteiger partial charge >= 0.3 is 12.0 Å². The summed E-state index contributed by atoms with van der Waals surface area (Å²) in [6.45, 7) is 3.69. The van der Waals surface area contributed by atoms with Crippen molar-refractivity contribution in [3.63, 3.8) is 0 Å². The molecule has 2 N–H and O–H groups in total. The van der Waals surface area contributed by atoms with Gasteiger partial charge in [-0.25, -0.2) is 4.79 Å². The first-order valence-electron chi connectivity index (χ1n) is 6.50. The van der Waals surface area contributed by atoms with E-state index in [9.17, 15) is 4.79 Å². The minimum absolute atomic E-state index is 0.0353. The first-order valence-corrected chi connectivity index (χ1v) is 6.50. The second-order valence-corrected chi connectivity index (χ2v) is 4.52. The number of aromatic nitrogens is 2. The summed E-state index contributed by atoms with van der Waals surface area (Å²) in [5, 5.41) is 5.60. The molecule has 1 aliphatic heterocycles. The lowest BCUT2D eigenvalue weighted by Crippen LogP contribution is -2.47. The van der Waals surface area contributed by atoms with Gasteiger partial charge < -0.3 is 20.1 Å². The summed E-state index contributed by atoms with van der Waals surface area (Å²) in [6, 6.07) is 1.69. The molecule has 2 heterocycles. The van der Waals surface area contributed by atoms with Crippen molar-refractivity contribution in [3.05, 3.63) is 30.1 Å². The number of nitrogens with zero attached hydrogens (tertiary/aromatic N) is 2. The molecule has 2 amide bonds. The van der Waals surface area contributed by atoms with E-state index in [0.29, 0.717) is 24.4 Å². The van der Waals surface area contributed by atoms with Crippen LogP contribution < -0.4 is 20.1 Å². The molecule has 0 bridgehead atoms. The van der Waals surface area contributed by atoms with Gasteiger partial charge in [-0.2, -0.15) is 9.97 Å². The van der Waals surface area contributed by atoms with E-state index in [1.807, 2.05) is 0 Å². The van der Waals surface area contributed by atoms with E-state index in [0.717, 1.165) is 5.70 Å². The molecule has 1 aliphatic rings. The maximum absolute atomic E-state index is 11.6. The molecule has 0 saturated carbocycles. The number of nitrogens with one attached hydrogen (secondary N) is 2. The second kappa shape index (κ2) is 6.74. The first kappa shape index (κ1) is 14.8. The molecule has 1 unspecified atom stereocenters. The van der Waals surface area contributed by atoms with E-state index in [-0.39, 0.29) is 18.1 Å². The Bertz CT molecular complexity index is 549. The lowest BCUT2D eigenvalue weighted by atomic mass is 10.1. The monoisotopic (exact) mass is 290 g/mol. The lowest BCUT2D eigenvalue weighted by molar-refractivity contribution is 0.234. The molecule has 0 aliphatic carbocycles. The Kier molecular flexibility index (Phi) is 4.76. The predicted octanol–water partition coefficient (Wildman–Crippen LogP) is 1.48. The summed E-state index contributed by atoms with van der Waals surface area (Å²) < 4.78 is 10.1. The van der Waals surface area contributed by atoms with Crippen molar-refractivity contribution in [2.45, 2.75) is 18.9 Å². The van der Waals surface area contributed by atoms with Crippen LogP contribution in [0.5, 0.6) is 11.9 Å². The van der Waals surface area contributed by atoms with Crippen molar-refractivity contribution in [2.24, 2.45) is 0 Å². The van der Waals surface area contributed by atoms with E-state index >= 15 is 0 Å². The van der Waals surface area contributed by atoms with Crippen molar-refractivity contribution in [3.8, 4) is 11.9 Å². The molecule has 0 spiro atoms. The molecule has 1 atom stereocenters. The van der Waals surface area contributed by atoms with Crippen molar-refractivity contribution >= 4 is 12.1 Å². The standard InChI is InChI=1S/C14H18N4O3/c1-4-5-9-6-10(16-13(19)15-9)7-11-8-12(20-2)18-14(17-11)21-3/h4,7-9H,1,5-6H2,2-3H3,(H2,15,16,19)/b10-7-. The molecule has 1 aromatic rings. The van der Waals surface area contributed by atoms with Gasteiger partial charge in [0.15, 0.2) is 0 Å². The normalized spacial score (nSPS) is 19.6. The smallest absolute Gasteiger partial charge is 0.319 e. The Morgan fingerprint density at radius 1 is 1.43 bits per heavy atom. The van der Waals surface area contributed by atoms with Gasteiger partial charge in [0.1, 0.15) is 0 Å². The molecule has 1 fully saturated rings. The maximum Gasteiger partial charge on any atom is 0.319 e. The number of hydrogen-bond acceptors (Lipinski definition) is 5. The van der Waals surface area contributed by atoms with Crippen molar-refractivity contribution in [1.82, 2.24) is 20.6 Å². The van der Waals surface area contributed by atoms with Crippen LogP contribution in [0.1, 0.15) is 18.5 Å². The number of ether oxygens (including phenoxy) is 2. The summed E-state index contributed by atoms with van der Waals surface area (Å²) in [4.78, 5) is 19.8. The van der Waals surface area contributed by atoms with E-state index in [4.69, 9.17) is 9.47 Å². The van der Waals surface area contributed by atoms with Crippen LogP contribution in [0.15, 0.2) is 24.4 Å². The molecular weight excluding hydrogens is 272 g/mol. The molecule has 0 radical (unpaired) electrons. The van der Waals surface area contributed by atoms with Crippen LogP contribution in [0.2, 0.25) is 0 Å². The van der Waals surface area contributed by atoms with Crippen LogP contribution in [0, 0.1) is 0 Å². The Hall–Kier alpha value is -2.57. The Morgan fingerprint density at radius 2 is 2.24 bits per heavy atom. The summed E-state index contributed by atoms with van der Waals surface area (Å²) in [6.07, 6.45) is 4.94. The van der Waals surface area contributed by atoms with Crippen molar-refractivity contribution < 1.29 is 14.3 Å². The SMILES string of the molecule is C=CCC1C/C(=C/c2cc(OC)nc(OC)n2)NC(=O)N1. The third kappa shape index (κ3) is 3.95. The van der Waals surface area contributed by atoms with Crippen LogP contribution in [0.4, 0.5) is 4.79 Å². The number of urea groups is 1. The Balaban J connectivity index is 2.25. The van der Waals surface area contributed by atoms with E-state index in [1.165, 1.54) is 14.2 Å². The van der Waals surface area contributed by atoms with Crippen LogP contribution in [0.25, 0.3) is 6.08 Å². The van der Waals surface area contributed by atoms with Crippen molar-refractivity contribution in [1.29, 1.82) is 0 Å². The van der Waals surface area contributed by atoms with Crippen LogP contribution in [-0.2, 0) is 0 Å². The Morgan fingerprint density at radius 3 is 2.90 bits per heavy atom. The van der Waals surface area contributed by atoms with Gasteiger partial charge in [-0.1, -0.05) is 6.08 Å². The number of carbonyl (C=O) groups is 1. The van der Waals surface area contributed by atoms with Crippen LogP contribution in [0.3, 0.4) is 0 Å². The Labute approximate surface area is 123 Å². The molecule has 2 rings (SSSR count). The number of hydrogen-bond donors (Lipinski definition) is 2. The van der Waals surface area contributed by atoms with Gasteiger partial charge in [0.2, 0.25) is 5.88 Å². The molecule has 1 aromatic heterocycles. The van der Waals surface area contributed by atoms with Crippen LogP contribution in [-0.4, -0.2) is 36.3 Å². The van der Waals surface area contributed by atoms with E-state index < -0.39 is 0 Å². The average Bonchev–Trinajstić information content (AvgIpc) is 2.46. The summed E-state index contributed by atoms with van der Waals surface area (Å²) in [5.41, 5.74) is 1.38. The summed E-state index contributed by atoms with van der Waals surface area (Å²) >= 11 is 0.